The number of amides is 2. The predicted octanol–water partition coefficient (Wildman–Crippen LogP) is 3.92. The predicted molar refractivity (Wildman–Crippen MR) is 121 cm³/mol. The maximum atomic E-state index is 13.4. The number of hydrogen-bond acceptors (Lipinski definition) is 4. The molecule has 0 bridgehead atoms. The van der Waals surface area contributed by atoms with E-state index in [0.717, 1.165) is 12.3 Å². The normalized spacial score (nSPS) is 15.0. The fourth-order valence-electron chi connectivity index (χ4n) is 3.82. The summed E-state index contributed by atoms with van der Waals surface area (Å²) < 4.78 is 38.4. The number of nitrogens with zero attached hydrogens (tertiary/aromatic N) is 3. The minimum atomic E-state index is -4.44. The second kappa shape index (κ2) is 9.94. The number of pyridine rings is 1. The molecule has 9 heteroatoms. The van der Waals surface area contributed by atoms with Crippen molar-refractivity contribution < 1.29 is 22.8 Å². The van der Waals surface area contributed by atoms with Gasteiger partial charge in [0.1, 0.15) is 11.9 Å². The van der Waals surface area contributed by atoms with Gasteiger partial charge in [0.25, 0.3) is 5.91 Å². The lowest BCUT2D eigenvalue weighted by Crippen LogP contribution is -2.52. The largest absolute Gasteiger partial charge is 0.417 e. The maximum Gasteiger partial charge on any atom is 0.417 e. The number of piperazine rings is 1. The summed E-state index contributed by atoms with van der Waals surface area (Å²) in [5.41, 5.74) is 0.322. The number of hydrogen-bond donors (Lipinski definition) is 1. The number of halogens is 3. The zero-order valence-corrected chi connectivity index (χ0v) is 18.2. The van der Waals surface area contributed by atoms with Crippen molar-refractivity contribution in [3.8, 4) is 0 Å². The monoisotopic (exact) mass is 468 g/mol. The van der Waals surface area contributed by atoms with Gasteiger partial charge in [-0.2, -0.15) is 13.2 Å². The molecule has 1 unspecified atom stereocenters. The van der Waals surface area contributed by atoms with Crippen molar-refractivity contribution in [2.24, 2.45) is 0 Å². The van der Waals surface area contributed by atoms with Crippen LogP contribution >= 0.6 is 0 Å². The van der Waals surface area contributed by atoms with Crippen LogP contribution in [0.1, 0.15) is 27.5 Å². The molecule has 0 radical (unpaired) electrons. The molecule has 1 aromatic heterocycles. The molecule has 0 spiro atoms. The topological polar surface area (TPSA) is 65.5 Å². The van der Waals surface area contributed by atoms with Crippen LogP contribution < -0.4 is 10.2 Å². The Hall–Kier alpha value is -3.88. The number of nitrogens with one attached hydrogen (secondary N) is 1. The Kier molecular flexibility index (Phi) is 6.81. The minimum absolute atomic E-state index is 0.240. The van der Waals surface area contributed by atoms with E-state index in [4.69, 9.17) is 0 Å². The van der Waals surface area contributed by atoms with E-state index in [1.165, 1.54) is 6.07 Å². The van der Waals surface area contributed by atoms with E-state index in [-0.39, 0.29) is 11.8 Å². The van der Waals surface area contributed by atoms with E-state index in [0.29, 0.717) is 43.1 Å². The van der Waals surface area contributed by atoms with Crippen LogP contribution in [0.4, 0.5) is 19.0 Å². The van der Waals surface area contributed by atoms with Crippen LogP contribution in [0.5, 0.6) is 0 Å². The highest BCUT2D eigenvalue weighted by Gasteiger charge is 2.32. The Morgan fingerprint density at radius 2 is 1.47 bits per heavy atom. The summed E-state index contributed by atoms with van der Waals surface area (Å²) in [5.74, 6) is -0.164. The zero-order valence-electron chi connectivity index (χ0n) is 18.2. The SMILES string of the molecule is O=C(NC(C(=O)N1CCN(c2ccc(C(F)(F)F)cn2)CC1)c1ccccc1)c1ccccc1. The van der Waals surface area contributed by atoms with Crippen molar-refractivity contribution in [1.82, 2.24) is 15.2 Å². The Bertz CT molecular complexity index is 1110. The molecular weight excluding hydrogens is 445 g/mol. The van der Waals surface area contributed by atoms with Gasteiger partial charge in [-0.3, -0.25) is 9.59 Å². The number of aromatic nitrogens is 1. The Labute approximate surface area is 195 Å². The summed E-state index contributed by atoms with van der Waals surface area (Å²) in [6.07, 6.45) is -3.62. The standard InChI is InChI=1S/C25H23F3N4O2/c26-25(27,28)20-11-12-21(29-17-20)31-13-15-32(16-14-31)24(34)22(18-7-3-1-4-8-18)30-23(33)19-9-5-2-6-10-19/h1-12,17,22H,13-16H2,(H,30,33). The molecule has 1 aliphatic heterocycles. The van der Waals surface area contributed by atoms with Gasteiger partial charge in [-0.05, 0) is 29.8 Å². The summed E-state index contributed by atoms with van der Waals surface area (Å²) in [7, 11) is 0. The van der Waals surface area contributed by atoms with Crippen molar-refractivity contribution in [2.45, 2.75) is 12.2 Å². The number of rotatable bonds is 5. The molecule has 176 valence electrons. The molecule has 1 fully saturated rings. The molecule has 1 saturated heterocycles. The van der Waals surface area contributed by atoms with E-state index in [9.17, 15) is 22.8 Å². The summed E-state index contributed by atoms with van der Waals surface area (Å²) in [5, 5.41) is 2.85. The van der Waals surface area contributed by atoms with Gasteiger partial charge in [-0.15, -0.1) is 0 Å². The molecule has 3 aromatic rings. The number of alkyl halides is 3. The molecule has 6 nitrogen and oxygen atoms in total. The number of anilines is 1. The first-order valence-electron chi connectivity index (χ1n) is 10.8. The quantitative estimate of drug-likeness (QED) is 0.617. The third kappa shape index (κ3) is 5.36. The summed E-state index contributed by atoms with van der Waals surface area (Å²) >= 11 is 0. The number of carbonyl (C=O) groups excluding carboxylic acids is 2. The van der Waals surface area contributed by atoms with Gasteiger partial charge in [-0.1, -0.05) is 48.5 Å². The maximum absolute atomic E-state index is 13.4. The molecule has 2 aromatic carbocycles. The fourth-order valence-corrected chi connectivity index (χ4v) is 3.82. The molecule has 1 aliphatic rings. The molecule has 4 rings (SSSR count). The molecular formula is C25H23F3N4O2. The summed E-state index contributed by atoms with van der Waals surface area (Å²) in [6, 6.07) is 19.2. The summed E-state index contributed by atoms with van der Waals surface area (Å²) in [4.78, 5) is 33.6. The van der Waals surface area contributed by atoms with Gasteiger partial charge >= 0.3 is 6.18 Å². The van der Waals surface area contributed by atoms with Gasteiger partial charge in [0.2, 0.25) is 5.91 Å². The first-order valence-corrected chi connectivity index (χ1v) is 10.8. The third-order valence-electron chi connectivity index (χ3n) is 5.68. The van der Waals surface area contributed by atoms with Crippen LogP contribution in [0, 0.1) is 0 Å². The third-order valence-corrected chi connectivity index (χ3v) is 5.68. The van der Waals surface area contributed by atoms with Crippen LogP contribution in [0.25, 0.3) is 0 Å². The highest BCUT2D eigenvalue weighted by molar-refractivity contribution is 5.97. The van der Waals surface area contributed by atoms with E-state index in [1.54, 1.807) is 53.4 Å². The smallest absolute Gasteiger partial charge is 0.353 e. The Balaban J connectivity index is 1.45. The van der Waals surface area contributed by atoms with E-state index in [2.05, 4.69) is 10.3 Å². The highest BCUT2D eigenvalue weighted by Crippen LogP contribution is 2.29. The number of benzene rings is 2. The lowest BCUT2D eigenvalue weighted by molar-refractivity contribution is -0.138. The molecule has 2 amide bonds. The van der Waals surface area contributed by atoms with Crippen molar-refractivity contribution in [1.29, 1.82) is 0 Å². The lowest BCUT2D eigenvalue weighted by atomic mass is 10.0. The average Bonchev–Trinajstić information content (AvgIpc) is 2.87. The fraction of sp³-hybridized carbons (Fsp3) is 0.240. The van der Waals surface area contributed by atoms with Crippen molar-refractivity contribution in [3.05, 3.63) is 95.7 Å². The Morgan fingerprint density at radius 1 is 0.853 bits per heavy atom. The Morgan fingerprint density at radius 3 is 2.03 bits per heavy atom. The van der Waals surface area contributed by atoms with Gasteiger partial charge in [0, 0.05) is 37.9 Å². The average molecular weight is 468 g/mol. The van der Waals surface area contributed by atoms with Crippen molar-refractivity contribution in [3.63, 3.8) is 0 Å². The highest BCUT2D eigenvalue weighted by atomic mass is 19.4. The van der Waals surface area contributed by atoms with E-state index in [1.807, 2.05) is 17.0 Å². The van der Waals surface area contributed by atoms with Crippen LogP contribution in [0.3, 0.4) is 0 Å². The van der Waals surface area contributed by atoms with Crippen molar-refractivity contribution >= 4 is 17.6 Å². The molecule has 1 atom stereocenters. The molecule has 0 aliphatic carbocycles. The minimum Gasteiger partial charge on any atom is -0.353 e. The van der Waals surface area contributed by atoms with Crippen LogP contribution in [0.2, 0.25) is 0 Å². The van der Waals surface area contributed by atoms with Crippen LogP contribution in [-0.4, -0.2) is 47.9 Å². The van der Waals surface area contributed by atoms with Crippen LogP contribution in [0.15, 0.2) is 79.0 Å². The first-order chi connectivity index (χ1) is 16.3. The van der Waals surface area contributed by atoms with E-state index < -0.39 is 17.8 Å². The second-order valence-corrected chi connectivity index (χ2v) is 7.90. The second-order valence-electron chi connectivity index (χ2n) is 7.90. The summed E-state index contributed by atoms with van der Waals surface area (Å²) in [6.45, 7) is 1.54. The van der Waals surface area contributed by atoms with Gasteiger partial charge in [0.15, 0.2) is 0 Å². The van der Waals surface area contributed by atoms with E-state index >= 15 is 0 Å². The van der Waals surface area contributed by atoms with Crippen molar-refractivity contribution in [2.75, 3.05) is 31.1 Å². The number of carbonyl (C=O) groups is 2. The zero-order chi connectivity index (χ0) is 24.1. The molecule has 1 N–H and O–H groups in total. The molecule has 34 heavy (non-hydrogen) atoms. The first kappa shape index (κ1) is 23.3. The lowest BCUT2D eigenvalue weighted by Gasteiger charge is -2.37. The van der Waals surface area contributed by atoms with Gasteiger partial charge in [0.05, 0.1) is 5.56 Å². The van der Waals surface area contributed by atoms with Gasteiger partial charge < -0.3 is 15.1 Å². The molecule has 0 saturated carbocycles. The molecule has 2 heterocycles. The van der Waals surface area contributed by atoms with Crippen LogP contribution in [-0.2, 0) is 11.0 Å². The van der Waals surface area contributed by atoms with Gasteiger partial charge in [-0.25, -0.2) is 4.98 Å².